The molecule has 2 unspecified atom stereocenters. The first kappa shape index (κ1) is 28.6. The molecular weight excluding hydrogens is 457 g/mol. The van der Waals surface area contributed by atoms with Crippen LogP contribution in [0.25, 0.3) is 0 Å². The molecule has 0 aromatic carbocycles. The molecule has 0 N–H and O–H groups in total. The predicted molar refractivity (Wildman–Crippen MR) is 151 cm³/mol. The van der Waals surface area contributed by atoms with Gasteiger partial charge in [0, 0.05) is 13.1 Å². The van der Waals surface area contributed by atoms with E-state index in [1.165, 1.54) is 83.7 Å². The Morgan fingerprint density at radius 1 is 0.419 bits per heavy atom. The van der Waals surface area contributed by atoms with Crippen LogP contribution in [-0.2, 0) is 0 Å². The third-order valence-electron chi connectivity index (χ3n) is 6.61. The lowest BCUT2D eigenvalue weighted by Gasteiger charge is -2.44. The van der Waals surface area contributed by atoms with Crippen LogP contribution < -0.4 is 0 Å². The molecule has 0 aromatic rings. The van der Waals surface area contributed by atoms with Crippen LogP contribution >= 0.6 is 47.0 Å². The normalized spacial score (nSPS) is 33.1. The van der Waals surface area contributed by atoms with Crippen LogP contribution in [0, 0.1) is 0 Å². The van der Waals surface area contributed by atoms with Crippen molar-refractivity contribution in [3.05, 3.63) is 0 Å². The van der Waals surface area contributed by atoms with E-state index in [1.54, 1.807) is 0 Å². The highest BCUT2D eigenvalue weighted by Crippen LogP contribution is 2.45. The molecule has 2 heterocycles. The quantitative estimate of drug-likeness (QED) is 0.215. The van der Waals surface area contributed by atoms with Crippen molar-refractivity contribution in [2.75, 3.05) is 13.1 Å². The standard InChI is InChI=1S/C25H50N2S4/c1-7-20-26(21(8-2)29-24(11-5)28-20)18-16-14-13-15-17-19-27-22(9-3)30-25(12-6)31-23(27)10-4/h20-25H,7-19H2,1-6H3/t20-,21+,22-,23+,24?,25?. The molecule has 0 aliphatic carbocycles. The van der Waals surface area contributed by atoms with Gasteiger partial charge in [0.1, 0.15) is 0 Å². The fraction of sp³-hybridized carbons (Fsp3) is 1.00. The summed E-state index contributed by atoms with van der Waals surface area (Å²) in [7, 11) is 0. The summed E-state index contributed by atoms with van der Waals surface area (Å²) in [4.78, 5) is 5.68. The minimum atomic E-state index is 0.745. The zero-order valence-electron chi connectivity index (χ0n) is 21.2. The maximum atomic E-state index is 2.84. The second-order valence-corrected chi connectivity index (χ2v) is 15.1. The minimum absolute atomic E-state index is 0.745. The molecule has 2 aliphatic heterocycles. The van der Waals surface area contributed by atoms with Gasteiger partial charge < -0.3 is 0 Å². The average Bonchev–Trinajstić information content (AvgIpc) is 2.82. The second-order valence-electron chi connectivity index (χ2n) is 8.91. The van der Waals surface area contributed by atoms with Crippen LogP contribution in [0.3, 0.4) is 0 Å². The summed E-state index contributed by atoms with van der Waals surface area (Å²) in [5, 5.41) is 2.98. The Hall–Kier alpha value is 1.32. The highest BCUT2D eigenvalue weighted by atomic mass is 32.2. The molecule has 2 aliphatic rings. The second kappa shape index (κ2) is 16.1. The summed E-state index contributed by atoms with van der Waals surface area (Å²) in [6.45, 7) is 16.9. The van der Waals surface area contributed by atoms with E-state index >= 15 is 0 Å². The van der Waals surface area contributed by atoms with Crippen molar-refractivity contribution < 1.29 is 0 Å². The predicted octanol–water partition coefficient (Wildman–Crippen LogP) is 8.92. The van der Waals surface area contributed by atoms with Gasteiger partial charge >= 0.3 is 0 Å². The maximum absolute atomic E-state index is 2.84. The Balaban J connectivity index is 1.67. The fourth-order valence-electron chi connectivity index (χ4n) is 4.85. The summed E-state index contributed by atoms with van der Waals surface area (Å²) in [5.41, 5.74) is 0. The number of thioether (sulfide) groups is 4. The Kier molecular flexibility index (Phi) is 14.8. The van der Waals surface area contributed by atoms with Crippen LogP contribution in [0.2, 0.25) is 0 Å². The van der Waals surface area contributed by atoms with E-state index < -0.39 is 0 Å². The van der Waals surface area contributed by atoms with Crippen molar-refractivity contribution in [3.8, 4) is 0 Å². The van der Waals surface area contributed by atoms with E-state index in [9.17, 15) is 0 Å². The summed E-state index contributed by atoms with van der Waals surface area (Å²) in [6, 6.07) is 0. The van der Waals surface area contributed by atoms with Gasteiger partial charge in [-0.2, -0.15) is 0 Å². The van der Waals surface area contributed by atoms with Gasteiger partial charge in [0.2, 0.25) is 0 Å². The number of hydrogen-bond donors (Lipinski definition) is 0. The molecule has 0 spiro atoms. The van der Waals surface area contributed by atoms with Crippen LogP contribution in [-0.4, -0.2) is 53.5 Å². The zero-order valence-corrected chi connectivity index (χ0v) is 24.4. The molecule has 2 saturated heterocycles. The molecule has 2 nitrogen and oxygen atoms in total. The first-order valence-electron chi connectivity index (χ1n) is 13.2. The molecule has 6 heteroatoms. The third-order valence-corrected chi connectivity index (χ3v) is 14.2. The average molecular weight is 507 g/mol. The van der Waals surface area contributed by atoms with Gasteiger partial charge in [0.25, 0.3) is 0 Å². The maximum Gasteiger partial charge on any atom is 0.0575 e. The van der Waals surface area contributed by atoms with Crippen molar-refractivity contribution >= 4 is 47.0 Å². The van der Waals surface area contributed by atoms with Gasteiger partial charge in [-0.05, 0) is 51.4 Å². The van der Waals surface area contributed by atoms with Gasteiger partial charge in [0.05, 0.1) is 30.7 Å². The Morgan fingerprint density at radius 2 is 0.710 bits per heavy atom. The van der Waals surface area contributed by atoms with E-state index in [-0.39, 0.29) is 0 Å². The highest BCUT2D eigenvalue weighted by molar-refractivity contribution is 8.18. The lowest BCUT2D eigenvalue weighted by atomic mass is 10.1. The molecule has 2 rings (SSSR count). The van der Waals surface area contributed by atoms with Crippen molar-refractivity contribution in [3.63, 3.8) is 0 Å². The smallest absolute Gasteiger partial charge is 0.0575 e. The Morgan fingerprint density at radius 3 is 0.968 bits per heavy atom. The van der Waals surface area contributed by atoms with Crippen LogP contribution in [0.15, 0.2) is 0 Å². The monoisotopic (exact) mass is 506 g/mol. The molecule has 0 saturated carbocycles. The summed E-state index contributed by atoms with van der Waals surface area (Å²) in [6.07, 6.45) is 14.8. The van der Waals surface area contributed by atoms with E-state index in [0.717, 1.165) is 30.7 Å². The first-order valence-corrected chi connectivity index (χ1v) is 17.0. The van der Waals surface area contributed by atoms with Gasteiger partial charge in [-0.25, -0.2) is 0 Å². The topological polar surface area (TPSA) is 6.48 Å². The lowest BCUT2D eigenvalue weighted by molar-refractivity contribution is 0.216. The van der Waals surface area contributed by atoms with Crippen molar-refractivity contribution in [1.29, 1.82) is 0 Å². The van der Waals surface area contributed by atoms with Crippen molar-refractivity contribution in [2.45, 2.75) is 143 Å². The fourth-order valence-corrected chi connectivity index (χ4v) is 11.6. The lowest BCUT2D eigenvalue weighted by Crippen LogP contribution is -2.45. The van der Waals surface area contributed by atoms with E-state index in [1.807, 2.05) is 0 Å². The molecule has 0 aromatic heterocycles. The zero-order chi connectivity index (χ0) is 22.6. The molecule has 0 radical (unpaired) electrons. The molecular formula is C25H50N2S4. The van der Waals surface area contributed by atoms with Gasteiger partial charge in [-0.3, -0.25) is 9.80 Å². The molecule has 184 valence electrons. The largest absolute Gasteiger partial charge is 0.279 e. The first-order chi connectivity index (χ1) is 15.1. The van der Waals surface area contributed by atoms with E-state index in [2.05, 4.69) is 98.4 Å². The van der Waals surface area contributed by atoms with Crippen molar-refractivity contribution in [2.24, 2.45) is 0 Å². The Labute approximate surface area is 211 Å². The minimum Gasteiger partial charge on any atom is -0.279 e. The molecule has 0 amide bonds. The molecule has 6 atom stereocenters. The summed E-state index contributed by atoms with van der Waals surface area (Å²) >= 11 is 8.93. The molecule has 2 fully saturated rings. The molecule has 31 heavy (non-hydrogen) atoms. The van der Waals surface area contributed by atoms with Crippen LogP contribution in [0.5, 0.6) is 0 Å². The number of unbranched alkanes of at least 4 members (excludes halogenated alkanes) is 4. The highest BCUT2D eigenvalue weighted by Gasteiger charge is 2.34. The summed E-state index contributed by atoms with van der Waals surface area (Å²) in [5.74, 6) is 0. The van der Waals surface area contributed by atoms with Crippen molar-refractivity contribution in [1.82, 2.24) is 9.80 Å². The van der Waals surface area contributed by atoms with E-state index in [0.29, 0.717) is 0 Å². The van der Waals surface area contributed by atoms with Gasteiger partial charge in [-0.1, -0.05) is 60.8 Å². The van der Waals surface area contributed by atoms with E-state index in [4.69, 9.17) is 0 Å². The van der Waals surface area contributed by atoms with Gasteiger partial charge in [0.15, 0.2) is 0 Å². The van der Waals surface area contributed by atoms with Crippen LogP contribution in [0.1, 0.15) is 112 Å². The SMILES string of the molecule is CCC1S[C@@H](CC)N(CCCCCCCN2[C@H](CC)SC(CC)S[C@@H]2CC)[C@@H](CC)S1. The third kappa shape index (κ3) is 8.80. The van der Waals surface area contributed by atoms with Crippen LogP contribution in [0.4, 0.5) is 0 Å². The molecule has 0 bridgehead atoms. The Bertz CT molecular complexity index is 399. The summed E-state index contributed by atoms with van der Waals surface area (Å²) < 4.78 is 1.62. The van der Waals surface area contributed by atoms with Gasteiger partial charge in [-0.15, -0.1) is 47.0 Å². The number of rotatable bonds is 14. The number of nitrogens with zero attached hydrogens (tertiary/aromatic N) is 2. The number of hydrogen-bond acceptors (Lipinski definition) is 6.